The second-order valence-corrected chi connectivity index (χ2v) is 5.65. The van der Waals surface area contributed by atoms with Crippen molar-refractivity contribution in [2.24, 2.45) is 5.73 Å². The molecule has 0 aromatic heterocycles. The van der Waals surface area contributed by atoms with Crippen LogP contribution in [0.1, 0.15) is 23.7 Å². The highest BCUT2D eigenvalue weighted by atomic mass is 35.5. The van der Waals surface area contributed by atoms with Gasteiger partial charge in [0, 0.05) is 17.5 Å². The molecule has 1 aromatic carbocycles. The topological polar surface area (TPSA) is 55.1 Å². The number of thioether (sulfide) groups is 1. The Morgan fingerprint density at radius 2 is 2.05 bits per heavy atom. The number of hydrogen-bond acceptors (Lipinski definition) is 3. The van der Waals surface area contributed by atoms with Crippen LogP contribution in [-0.2, 0) is 0 Å². The zero-order chi connectivity index (χ0) is 13.7. The van der Waals surface area contributed by atoms with Gasteiger partial charge in [-0.3, -0.25) is 4.79 Å². The number of amides is 1. The van der Waals surface area contributed by atoms with E-state index in [1.54, 1.807) is 12.1 Å². The number of benzene rings is 1. The molecule has 1 unspecified atom stereocenters. The van der Waals surface area contributed by atoms with E-state index in [1.165, 1.54) is 11.8 Å². The lowest BCUT2D eigenvalue weighted by Gasteiger charge is -2.10. The fourth-order valence-electron chi connectivity index (χ4n) is 1.37. The Balaban J connectivity index is 0.00000324. The van der Waals surface area contributed by atoms with Gasteiger partial charge in [-0.2, -0.15) is 0 Å². The van der Waals surface area contributed by atoms with Gasteiger partial charge in [-0.25, -0.2) is 0 Å². The van der Waals surface area contributed by atoms with Crippen LogP contribution in [-0.4, -0.2) is 24.7 Å². The zero-order valence-corrected chi connectivity index (χ0v) is 13.8. The number of hydrogen-bond donors (Lipinski definition) is 2. The molecule has 3 nitrogen and oxygen atoms in total. The predicted molar refractivity (Wildman–Crippen MR) is 86.1 cm³/mol. The van der Waals surface area contributed by atoms with Crippen molar-refractivity contribution in [2.75, 3.05) is 12.8 Å². The number of carbonyl (C=O) groups excluding carboxylic acids is 1. The molecule has 0 aliphatic rings. The van der Waals surface area contributed by atoms with Gasteiger partial charge in [0.15, 0.2) is 0 Å². The summed E-state index contributed by atoms with van der Waals surface area (Å²) < 4.78 is 0. The molecule has 0 aliphatic heterocycles. The second kappa shape index (κ2) is 8.93. The fraction of sp³-hybridized carbons (Fsp3) is 0.417. The average molecular weight is 344 g/mol. The van der Waals surface area contributed by atoms with Crippen molar-refractivity contribution in [1.82, 2.24) is 5.32 Å². The first-order valence-corrected chi connectivity index (χ1v) is 7.50. The first kappa shape index (κ1) is 18.9. The minimum absolute atomic E-state index is 0. The molecule has 108 valence electrons. The van der Waals surface area contributed by atoms with Gasteiger partial charge in [-0.05, 0) is 31.7 Å². The number of carbonyl (C=O) groups is 1. The third-order valence-corrected chi connectivity index (χ3v) is 3.89. The van der Waals surface area contributed by atoms with E-state index in [9.17, 15) is 4.79 Å². The van der Waals surface area contributed by atoms with Gasteiger partial charge in [-0.1, -0.05) is 23.2 Å². The SMILES string of the molecule is CSc1cc(C(=O)NCCC(C)N)c(Cl)cc1Cl.Cl. The molecule has 0 heterocycles. The number of nitrogens with one attached hydrogen (secondary N) is 1. The van der Waals surface area contributed by atoms with Gasteiger partial charge in [-0.15, -0.1) is 24.2 Å². The van der Waals surface area contributed by atoms with E-state index in [-0.39, 0.29) is 24.4 Å². The highest BCUT2D eigenvalue weighted by molar-refractivity contribution is 7.98. The van der Waals surface area contributed by atoms with E-state index >= 15 is 0 Å². The third kappa shape index (κ3) is 5.79. The summed E-state index contributed by atoms with van der Waals surface area (Å²) in [6.07, 6.45) is 2.62. The maximum Gasteiger partial charge on any atom is 0.252 e. The number of rotatable bonds is 5. The van der Waals surface area contributed by atoms with E-state index in [4.69, 9.17) is 28.9 Å². The molecule has 0 saturated carbocycles. The summed E-state index contributed by atoms with van der Waals surface area (Å²) in [6, 6.07) is 3.36. The van der Waals surface area contributed by atoms with Crippen LogP contribution < -0.4 is 11.1 Å². The van der Waals surface area contributed by atoms with Gasteiger partial charge in [0.25, 0.3) is 5.91 Å². The smallest absolute Gasteiger partial charge is 0.252 e. The fourth-order valence-corrected chi connectivity index (χ4v) is 2.56. The highest BCUT2D eigenvalue weighted by Crippen LogP contribution is 2.31. The standard InChI is InChI=1S/C12H16Cl2N2OS.ClH/c1-7(15)3-4-16-12(17)8-5-11(18-2)10(14)6-9(8)13;/h5-7H,3-4,15H2,1-2H3,(H,16,17);1H. The molecule has 0 spiro atoms. The lowest BCUT2D eigenvalue weighted by Crippen LogP contribution is -2.29. The van der Waals surface area contributed by atoms with Crippen molar-refractivity contribution in [1.29, 1.82) is 0 Å². The zero-order valence-electron chi connectivity index (χ0n) is 10.7. The lowest BCUT2D eigenvalue weighted by molar-refractivity contribution is 0.0952. The largest absolute Gasteiger partial charge is 0.352 e. The summed E-state index contributed by atoms with van der Waals surface area (Å²) in [5.74, 6) is -0.201. The molecule has 19 heavy (non-hydrogen) atoms. The maximum absolute atomic E-state index is 11.9. The van der Waals surface area contributed by atoms with E-state index in [0.29, 0.717) is 22.2 Å². The minimum atomic E-state index is -0.201. The Morgan fingerprint density at radius 3 is 2.58 bits per heavy atom. The van der Waals surface area contributed by atoms with Crippen LogP contribution >= 0.6 is 47.4 Å². The molecular formula is C12H17Cl3N2OS. The molecule has 1 rings (SSSR count). The Bertz CT molecular complexity index is 441. The van der Waals surface area contributed by atoms with E-state index in [2.05, 4.69) is 5.32 Å². The van der Waals surface area contributed by atoms with Crippen LogP contribution in [0.4, 0.5) is 0 Å². The van der Waals surface area contributed by atoms with Crippen LogP contribution in [0.3, 0.4) is 0 Å². The van der Waals surface area contributed by atoms with E-state index in [0.717, 1.165) is 11.3 Å². The van der Waals surface area contributed by atoms with Crippen molar-refractivity contribution in [3.63, 3.8) is 0 Å². The Labute approximate surface area is 134 Å². The van der Waals surface area contributed by atoms with Gasteiger partial charge < -0.3 is 11.1 Å². The van der Waals surface area contributed by atoms with Crippen molar-refractivity contribution in [3.8, 4) is 0 Å². The van der Waals surface area contributed by atoms with Crippen molar-refractivity contribution in [2.45, 2.75) is 24.3 Å². The molecule has 1 amide bonds. The van der Waals surface area contributed by atoms with Crippen LogP contribution in [0, 0.1) is 0 Å². The Kier molecular flexibility index (Phi) is 8.86. The first-order valence-electron chi connectivity index (χ1n) is 5.52. The van der Waals surface area contributed by atoms with Crippen LogP contribution in [0.5, 0.6) is 0 Å². The molecule has 0 radical (unpaired) electrons. The molecule has 3 N–H and O–H groups in total. The summed E-state index contributed by atoms with van der Waals surface area (Å²) >= 11 is 13.5. The van der Waals surface area contributed by atoms with E-state index in [1.807, 2.05) is 13.2 Å². The average Bonchev–Trinajstić information content (AvgIpc) is 2.28. The molecule has 1 aromatic rings. The molecule has 7 heteroatoms. The van der Waals surface area contributed by atoms with Crippen LogP contribution in [0.15, 0.2) is 17.0 Å². The van der Waals surface area contributed by atoms with Crippen LogP contribution in [0.2, 0.25) is 10.0 Å². The summed E-state index contributed by atoms with van der Waals surface area (Å²) in [5, 5.41) is 3.70. The number of halogens is 3. The lowest BCUT2D eigenvalue weighted by atomic mass is 10.2. The molecule has 1 atom stereocenters. The van der Waals surface area contributed by atoms with Gasteiger partial charge in [0.05, 0.1) is 15.6 Å². The normalized spacial score (nSPS) is 11.6. The predicted octanol–water partition coefficient (Wildman–Crippen LogP) is 3.60. The monoisotopic (exact) mass is 342 g/mol. The molecule has 0 bridgehead atoms. The minimum Gasteiger partial charge on any atom is -0.352 e. The highest BCUT2D eigenvalue weighted by Gasteiger charge is 2.13. The van der Waals surface area contributed by atoms with Crippen molar-refractivity contribution >= 4 is 53.3 Å². The number of nitrogens with two attached hydrogens (primary N) is 1. The van der Waals surface area contributed by atoms with Crippen molar-refractivity contribution < 1.29 is 4.79 Å². The van der Waals surface area contributed by atoms with E-state index < -0.39 is 0 Å². The van der Waals surface area contributed by atoms with Gasteiger partial charge >= 0.3 is 0 Å². The van der Waals surface area contributed by atoms with Crippen molar-refractivity contribution in [3.05, 3.63) is 27.7 Å². The first-order chi connectivity index (χ1) is 8.45. The second-order valence-electron chi connectivity index (χ2n) is 3.99. The molecule has 0 aliphatic carbocycles. The molecule has 0 saturated heterocycles. The van der Waals surface area contributed by atoms with Gasteiger partial charge in [0.2, 0.25) is 0 Å². The maximum atomic E-state index is 11.9. The third-order valence-electron chi connectivity index (χ3n) is 2.37. The summed E-state index contributed by atoms with van der Waals surface area (Å²) in [6.45, 7) is 2.43. The molecule has 0 fully saturated rings. The van der Waals surface area contributed by atoms with Gasteiger partial charge in [0.1, 0.15) is 0 Å². The Hall–Kier alpha value is -0.130. The molecular weight excluding hydrogens is 327 g/mol. The summed E-state index contributed by atoms with van der Waals surface area (Å²) in [4.78, 5) is 12.8. The Morgan fingerprint density at radius 1 is 1.42 bits per heavy atom. The van der Waals surface area contributed by atoms with Crippen LogP contribution in [0.25, 0.3) is 0 Å². The summed E-state index contributed by atoms with van der Waals surface area (Å²) in [7, 11) is 0. The quantitative estimate of drug-likeness (QED) is 0.803. The summed E-state index contributed by atoms with van der Waals surface area (Å²) in [5.41, 5.74) is 6.05.